The van der Waals surface area contributed by atoms with E-state index in [-0.39, 0.29) is 98.1 Å². The van der Waals surface area contributed by atoms with Gasteiger partial charge >= 0.3 is 0 Å². The minimum Gasteiger partial charge on any atom is -0.179 e. The predicted molar refractivity (Wildman–Crippen MR) is 409 cm³/mol. The second-order valence-corrected chi connectivity index (χ2v) is 26.9. The molecule has 0 nitrogen and oxygen atoms in total. The zero-order valence-electron chi connectivity index (χ0n) is 58.4. The Morgan fingerprint density at radius 2 is 0.510 bits per heavy atom. The molecule has 0 N–H and O–H groups in total. The van der Waals surface area contributed by atoms with E-state index < -0.39 is 16.2 Å². The van der Waals surface area contributed by atoms with Crippen molar-refractivity contribution in [2.45, 2.75) is 57.8 Å². The van der Waals surface area contributed by atoms with E-state index in [0.717, 1.165) is 33.4 Å². The van der Waals surface area contributed by atoms with Crippen LogP contribution in [-0.2, 0) is 114 Å². The monoisotopic (exact) mass is 1530 g/mol. The van der Waals surface area contributed by atoms with Gasteiger partial charge in [0.15, 0.2) is 0 Å². The fraction of sp³-hybridized carbons (Fsp3) is 0.0909. The molecule has 0 amide bonds. The number of fused-ring (bicyclic) bond motifs is 9. The van der Waals surface area contributed by atoms with Gasteiger partial charge in [-0.05, 0) is 119 Å². The van der Waals surface area contributed by atoms with Gasteiger partial charge in [0.2, 0.25) is 0 Å². The fourth-order valence-corrected chi connectivity index (χ4v) is 16.9. The predicted octanol–water partition coefficient (Wildman–Crippen LogP) is 23.8. The van der Waals surface area contributed by atoms with E-state index in [9.17, 15) is 0 Å². The first kappa shape index (κ1) is 72.0. The van der Waals surface area contributed by atoms with Gasteiger partial charge in [-0.3, -0.25) is 0 Å². The summed E-state index contributed by atoms with van der Waals surface area (Å²) in [5, 5.41) is 0. The molecule has 15 aromatic carbocycles. The van der Waals surface area contributed by atoms with Gasteiger partial charge < -0.3 is 0 Å². The molecule has 3 radical (unpaired) electrons. The van der Waals surface area contributed by atoms with E-state index in [4.69, 9.17) is 0 Å². The number of hydrogen-bond donors (Lipinski definition) is 0. The molecule has 0 aromatic heterocycles. The first-order chi connectivity index (χ1) is 48.6. The van der Waals surface area contributed by atoms with Gasteiger partial charge in [0.05, 0.1) is 0 Å². The Hall–Kier alpha value is -8.39. The SMILES string of the molecule is Cc1cc(C)cc(-c2[c-]c(C3(c4[c-]cccc4)c4ccccc4-c4ccccc43)ccc2)c1.Cc1cc(C)cc(-c2ccc[c-]c2C2(c3[c-]cccc3)c3ccccc3-c3ccccc32)c1.Cc1cc(C)cc(-c2cccc3c2C(c2[c-]cccc2)(c2[c-]cccc2)c2ccccc2-3)c1.[Y].[Y].[Y]. The largest absolute Gasteiger partial charge is 0.179 e. The maximum atomic E-state index is 3.86. The molecule has 102 heavy (non-hydrogen) atoms. The summed E-state index contributed by atoms with van der Waals surface area (Å²) in [6, 6.07) is 140. The Bertz CT molecular complexity index is 5260. The van der Waals surface area contributed by atoms with Gasteiger partial charge in [0, 0.05) is 114 Å². The van der Waals surface area contributed by atoms with Gasteiger partial charge in [-0.2, -0.15) is 146 Å². The molecule has 18 rings (SSSR count). The van der Waals surface area contributed by atoms with E-state index in [1.54, 1.807) is 0 Å². The summed E-state index contributed by atoms with van der Waals surface area (Å²) in [5.74, 6) is 0. The Labute approximate surface area is 679 Å². The Balaban J connectivity index is 0.000000135. The van der Waals surface area contributed by atoms with Crippen LogP contribution in [0.1, 0.15) is 100 Å². The Kier molecular flexibility index (Phi) is 21.5. The summed E-state index contributed by atoms with van der Waals surface area (Å²) in [7, 11) is 0. The van der Waals surface area contributed by atoms with Crippen molar-refractivity contribution in [3.05, 3.63) is 464 Å². The maximum Gasteiger partial charge on any atom is 0.0321 e. The Morgan fingerprint density at radius 1 is 0.216 bits per heavy atom. The van der Waals surface area contributed by atoms with Crippen molar-refractivity contribution in [2.24, 2.45) is 0 Å². The molecule has 483 valence electrons. The summed E-state index contributed by atoms with van der Waals surface area (Å²) in [5.41, 5.74) is 36.0. The molecule has 0 unspecified atom stereocenters. The second kappa shape index (κ2) is 30.5. The van der Waals surface area contributed by atoms with E-state index in [1.807, 2.05) is 48.5 Å². The molecule has 0 saturated carbocycles. The maximum absolute atomic E-state index is 3.86. The normalized spacial score (nSPS) is 13.0. The standard InChI is InChI=1S/3C33H24.3Y/c1-23-20-24(2)22-25(21-23)28-17-11-18-30-29-16-9-10-19-31(29)33(32(28)30,26-12-5-3-6-13-26)27-14-7-4-8-15-27;1-23-20-24(2)22-25(21-23)27-14-6-9-17-30(27)33(26-12-4-3-5-13-26)31-18-10-7-15-28(31)29-16-8-11-19-32(29)33;1-23-19-24(2)21-26(20-23)25-11-10-14-28(22-25)33(27-12-4-3-5-13-27)31-17-8-6-15-29(31)30-16-7-9-18-32(30)33;;;/h3-12,14,16-22H,1-2H3;3-12,14-16,18-22H,1-2H3;3-12,14-21H,1-2H3;;;/q3*-2;;;. The van der Waals surface area contributed by atoms with E-state index in [2.05, 4.69) is 357 Å². The number of aryl methyl sites for hydroxylation is 6. The molecule has 0 heterocycles. The second-order valence-electron chi connectivity index (χ2n) is 26.9. The van der Waals surface area contributed by atoms with Crippen LogP contribution in [0.2, 0.25) is 0 Å². The van der Waals surface area contributed by atoms with Gasteiger partial charge in [-0.1, -0.05) is 239 Å². The molecular weight excluding hydrogens is 1460 g/mol. The van der Waals surface area contributed by atoms with Crippen molar-refractivity contribution >= 4 is 0 Å². The van der Waals surface area contributed by atoms with Crippen molar-refractivity contribution in [2.75, 3.05) is 0 Å². The van der Waals surface area contributed by atoms with Crippen LogP contribution in [0.4, 0.5) is 0 Å². The van der Waals surface area contributed by atoms with Crippen LogP contribution in [0, 0.1) is 77.9 Å². The van der Waals surface area contributed by atoms with Crippen molar-refractivity contribution in [3.8, 4) is 66.8 Å². The van der Waals surface area contributed by atoms with Crippen molar-refractivity contribution in [1.29, 1.82) is 0 Å². The minimum absolute atomic E-state index is 0. The van der Waals surface area contributed by atoms with Gasteiger partial charge in [0.1, 0.15) is 0 Å². The number of hydrogen-bond acceptors (Lipinski definition) is 0. The molecule has 3 aliphatic carbocycles. The van der Waals surface area contributed by atoms with Crippen molar-refractivity contribution < 1.29 is 98.1 Å². The van der Waals surface area contributed by atoms with Crippen molar-refractivity contribution in [3.63, 3.8) is 0 Å². The molecule has 0 fully saturated rings. The fourth-order valence-electron chi connectivity index (χ4n) is 16.9. The van der Waals surface area contributed by atoms with E-state index in [0.29, 0.717) is 0 Å². The zero-order valence-corrected chi connectivity index (χ0v) is 66.9. The van der Waals surface area contributed by atoms with Crippen LogP contribution in [0.15, 0.2) is 328 Å². The van der Waals surface area contributed by atoms with Crippen molar-refractivity contribution in [1.82, 2.24) is 0 Å². The first-order valence-electron chi connectivity index (χ1n) is 34.4. The molecule has 0 aliphatic heterocycles. The van der Waals surface area contributed by atoms with Crippen LogP contribution in [0.3, 0.4) is 0 Å². The van der Waals surface area contributed by atoms with Crippen LogP contribution in [0.5, 0.6) is 0 Å². The molecule has 0 atom stereocenters. The average molecular weight is 1530 g/mol. The third-order valence-corrected chi connectivity index (χ3v) is 20.4. The first-order valence-corrected chi connectivity index (χ1v) is 34.4. The van der Waals surface area contributed by atoms with Gasteiger partial charge in [-0.25, -0.2) is 0 Å². The van der Waals surface area contributed by atoms with E-state index in [1.165, 1.54) is 134 Å². The number of rotatable bonds is 9. The molecule has 3 heteroatoms. The zero-order chi connectivity index (χ0) is 67.2. The number of benzene rings is 15. The van der Waals surface area contributed by atoms with Crippen LogP contribution >= 0.6 is 0 Å². The van der Waals surface area contributed by atoms with Crippen LogP contribution < -0.4 is 0 Å². The summed E-state index contributed by atoms with van der Waals surface area (Å²) in [6.45, 7) is 13.0. The molecule has 0 spiro atoms. The molecule has 0 bridgehead atoms. The molecule has 3 aliphatic rings. The molecule has 0 saturated heterocycles. The van der Waals surface area contributed by atoms with Gasteiger partial charge in [0.25, 0.3) is 0 Å². The summed E-state index contributed by atoms with van der Waals surface area (Å²) >= 11 is 0. The summed E-state index contributed by atoms with van der Waals surface area (Å²) in [4.78, 5) is 0. The molecular formula is C99H72Y3-6. The third kappa shape index (κ3) is 12.5. The smallest absolute Gasteiger partial charge is 0.0321 e. The Morgan fingerprint density at radius 3 is 0.931 bits per heavy atom. The quantitative estimate of drug-likeness (QED) is 0.126. The van der Waals surface area contributed by atoms with E-state index >= 15 is 0 Å². The van der Waals surface area contributed by atoms with Crippen LogP contribution in [-0.4, -0.2) is 0 Å². The average Bonchev–Trinajstić information content (AvgIpc) is 1.54. The van der Waals surface area contributed by atoms with Crippen LogP contribution in [0.25, 0.3) is 66.8 Å². The molecule has 15 aromatic rings. The summed E-state index contributed by atoms with van der Waals surface area (Å²) < 4.78 is 0. The van der Waals surface area contributed by atoms with Gasteiger partial charge in [-0.15, -0.1) is 68.8 Å². The topological polar surface area (TPSA) is 0 Å². The summed E-state index contributed by atoms with van der Waals surface area (Å²) in [6.07, 6.45) is 0. The third-order valence-electron chi connectivity index (χ3n) is 20.4. The minimum atomic E-state index is -0.483.